The van der Waals surface area contributed by atoms with Gasteiger partial charge in [0.2, 0.25) is 0 Å². The molecule has 0 bridgehead atoms. The topological polar surface area (TPSA) is 194 Å². The summed E-state index contributed by atoms with van der Waals surface area (Å²) in [6.07, 6.45) is 0.465. The Kier molecular flexibility index (Phi) is 14.3. The fourth-order valence-corrected chi connectivity index (χ4v) is 3.51. The molecule has 0 aliphatic heterocycles. The van der Waals surface area contributed by atoms with E-state index in [1.807, 2.05) is 6.92 Å². The van der Waals surface area contributed by atoms with Gasteiger partial charge >= 0.3 is 11.9 Å². The first kappa shape index (κ1) is 35.1. The predicted molar refractivity (Wildman–Crippen MR) is 155 cm³/mol. The number of methoxy groups -OCH3 is 2. The van der Waals surface area contributed by atoms with Crippen LogP contribution in [0.2, 0.25) is 0 Å². The fraction of sp³-hybridized carbons (Fsp3) is 0.250. The van der Waals surface area contributed by atoms with Gasteiger partial charge in [-0.2, -0.15) is 0 Å². The van der Waals surface area contributed by atoms with Crippen LogP contribution in [-0.2, 0) is 31.9 Å². The van der Waals surface area contributed by atoms with Crippen LogP contribution in [0.4, 0.5) is 11.4 Å². The van der Waals surface area contributed by atoms with Crippen molar-refractivity contribution >= 4 is 41.6 Å². The molecule has 2 unspecified atom stereocenters. The molecule has 2 atom stereocenters. The highest BCUT2D eigenvalue weighted by molar-refractivity contribution is 5.96. The molecule has 14 heteroatoms. The van der Waals surface area contributed by atoms with Crippen molar-refractivity contribution in [1.82, 2.24) is 5.32 Å². The number of esters is 2. The van der Waals surface area contributed by atoms with Crippen molar-refractivity contribution in [2.45, 2.75) is 31.8 Å². The molecule has 0 radical (unpaired) electrons. The Morgan fingerprint density at radius 3 is 1.60 bits per heavy atom. The average molecular weight is 603 g/mol. The summed E-state index contributed by atoms with van der Waals surface area (Å²) in [7, 11) is 2.50. The summed E-state index contributed by atoms with van der Waals surface area (Å²) < 4.78 is 9.21. The van der Waals surface area contributed by atoms with Crippen LogP contribution in [0.15, 0.2) is 72.8 Å². The van der Waals surface area contributed by atoms with Crippen molar-refractivity contribution in [3.63, 3.8) is 0 Å². The molecule has 13 nitrogen and oxygen atoms in total. The zero-order valence-electron chi connectivity index (χ0n) is 23.1. The van der Waals surface area contributed by atoms with Crippen molar-refractivity contribution in [3.05, 3.63) is 115 Å². The van der Waals surface area contributed by atoms with E-state index in [2.05, 4.69) is 10.1 Å². The third-order valence-electron chi connectivity index (χ3n) is 5.80. The predicted octanol–water partition coefficient (Wildman–Crippen LogP) is 3.48. The quantitative estimate of drug-likeness (QED) is 0.197. The molecule has 0 saturated carbocycles. The van der Waals surface area contributed by atoms with Crippen LogP contribution >= 0.6 is 12.4 Å². The van der Waals surface area contributed by atoms with Crippen molar-refractivity contribution in [2.24, 2.45) is 5.73 Å². The maximum atomic E-state index is 12.3. The molecule has 0 heterocycles. The third kappa shape index (κ3) is 10.9. The molecule has 0 aliphatic rings. The molecule has 0 aliphatic carbocycles. The number of hydrogen-bond acceptors (Lipinski definition) is 10. The number of rotatable bonds is 10. The highest BCUT2D eigenvalue weighted by Crippen LogP contribution is 2.15. The normalized spacial score (nSPS) is 11.3. The number of carbonyl (C=O) groups is 3. The van der Waals surface area contributed by atoms with E-state index in [-0.39, 0.29) is 30.2 Å². The van der Waals surface area contributed by atoms with Gasteiger partial charge in [-0.3, -0.25) is 29.8 Å². The number of ether oxygens (including phenoxy) is 2. The molecule has 0 saturated heterocycles. The number of halogens is 1. The lowest BCUT2D eigenvalue weighted by Gasteiger charge is -2.16. The minimum absolute atomic E-state index is 0. The maximum Gasteiger partial charge on any atom is 0.328 e. The third-order valence-corrected chi connectivity index (χ3v) is 5.80. The summed E-state index contributed by atoms with van der Waals surface area (Å²) in [6.45, 7) is 1.91. The Balaban J connectivity index is 0.000000450. The molecule has 1 amide bonds. The highest BCUT2D eigenvalue weighted by atomic mass is 35.5. The van der Waals surface area contributed by atoms with Crippen LogP contribution < -0.4 is 11.1 Å². The Bertz CT molecular complexity index is 1370. The monoisotopic (exact) mass is 602 g/mol. The Hall–Kier alpha value is -4.88. The van der Waals surface area contributed by atoms with Gasteiger partial charge in [-0.05, 0) is 36.6 Å². The second kappa shape index (κ2) is 17.0. The van der Waals surface area contributed by atoms with E-state index in [4.69, 9.17) is 10.5 Å². The number of nitro groups is 2. The van der Waals surface area contributed by atoms with Gasteiger partial charge in [0.15, 0.2) is 0 Å². The Labute approximate surface area is 247 Å². The molecule has 42 heavy (non-hydrogen) atoms. The first-order chi connectivity index (χ1) is 19.4. The molecule has 0 aromatic heterocycles. The second-order valence-corrected chi connectivity index (χ2v) is 8.80. The Morgan fingerprint density at radius 2 is 1.19 bits per heavy atom. The van der Waals surface area contributed by atoms with Crippen molar-refractivity contribution < 1.29 is 33.7 Å². The number of benzene rings is 3. The number of nitrogens with two attached hydrogens (primary N) is 1. The number of carbonyl (C=O) groups excluding carboxylic acids is 3. The Morgan fingerprint density at radius 1 is 0.762 bits per heavy atom. The van der Waals surface area contributed by atoms with E-state index in [0.29, 0.717) is 17.5 Å². The fourth-order valence-electron chi connectivity index (χ4n) is 3.51. The molecular weight excluding hydrogens is 572 g/mol. The minimum Gasteiger partial charge on any atom is -0.468 e. The van der Waals surface area contributed by atoms with Crippen LogP contribution in [0.5, 0.6) is 0 Å². The molecule has 3 aromatic rings. The van der Waals surface area contributed by atoms with E-state index in [1.54, 1.807) is 48.5 Å². The standard InChI is InChI=1S/C18H18N2O5.C10H12N2O4.ClH/c1-12-3-7-14(8-4-12)17(21)19-16(18(22)25-2)11-13-5-9-15(10-6-13)20(23)24;1-16-10(13)9(11)6-7-2-4-8(5-3-7)12(14)15;/h3-10,16H,11H2,1-2H3,(H,19,21);2-5,9H,6,11H2,1H3;1H. The van der Waals surface area contributed by atoms with Crippen LogP contribution in [0, 0.1) is 27.2 Å². The number of hydrogen-bond donors (Lipinski definition) is 2. The van der Waals surface area contributed by atoms with Gasteiger partial charge in [0, 0.05) is 36.2 Å². The van der Waals surface area contributed by atoms with Crippen molar-refractivity contribution in [1.29, 1.82) is 0 Å². The van der Waals surface area contributed by atoms with Gasteiger partial charge in [0.25, 0.3) is 17.3 Å². The second-order valence-electron chi connectivity index (χ2n) is 8.80. The number of amides is 1. The molecule has 0 spiro atoms. The van der Waals surface area contributed by atoms with Crippen LogP contribution in [0.3, 0.4) is 0 Å². The van der Waals surface area contributed by atoms with E-state index in [0.717, 1.165) is 11.1 Å². The molecular formula is C28H31ClN4O9. The lowest BCUT2D eigenvalue weighted by atomic mass is 10.0. The lowest BCUT2D eigenvalue weighted by molar-refractivity contribution is -0.385. The largest absolute Gasteiger partial charge is 0.468 e. The summed E-state index contributed by atoms with van der Waals surface area (Å²) in [5.41, 5.74) is 8.40. The number of non-ortho nitro benzene ring substituents is 2. The maximum absolute atomic E-state index is 12.3. The van der Waals surface area contributed by atoms with Crippen LogP contribution in [0.25, 0.3) is 0 Å². The van der Waals surface area contributed by atoms with Gasteiger partial charge in [-0.1, -0.05) is 42.0 Å². The molecule has 224 valence electrons. The minimum atomic E-state index is -0.889. The van der Waals surface area contributed by atoms with E-state index in [9.17, 15) is 34.6 Å². The lowest BCUT2D eigenvalue weighted by Crippen LogP contribution is -2.43. The van der Waals surface area contributed by atoms with E-state index in [1.165, 1.54) is 38.5 Å². The molecule has 0 fully saturated rings. The SMILES string of the molecule is COC(=O)C(Cc1ccc([N+](=O)[O-])cc1)NC(=O)c1ccc(C)cc1.COC(=O)C(N)Cc1ccc([N+](=O)[O-])cc1.Cl. The number of nitro benzene ring substituents is 2. The summed E-state index contributed by atoms with van der Waals surface area (Å²) in [6, 6.07) is 17.0. The first-order valence-electron chi connectivity index (χ1n) is 12.2. The average Bonchev–Trinajstić information content (AvgIpc) is 2.97. The summed E-state index contributed by atoms with van der Waals surface area (Å²) >= 11 is 0. The van der Waals surface area contributed by atoms with Crippen molar-refractivity contribution in [3.8, 4) is 0 Å². The zero-order chi connectivity index (χ0) is 30.5. The molecule has 3 rings (SSSR count). The number of nitrogens with one attached hydrogen (secondary N) is 1. The van der Waals surface area contributed by atoms with Crippen LogP contribution in [-0.4, -0.2) is 54.0 Å². The first-order valence-corrected chi connectivity index (χ1v) is 12.2. The summed E-state index contributed by atoms with van der Waals surface area (Å²) in [5.74, 6) is -1.48. The van der Waals surface area contributed by atoms with Gasteiger partial charge in [-0.15, -0.1) is 12.4 Å². The van der Waals surface area contributed by atoms with Gasteiger partial charge in [0.1, 0.15) is 12.1 Å². The van der Waals surface area contributed by atoms with Gasteiger partial charge in [-0.25, -0.2) is 4.79 Å². The van der Waals surface area contributed by atoms with Gasteiger partial charge in [0.05, 0.1) is 24.1 Å². The van der Waals surface area contributed by atoms with E-state index < -0.39 is 39.8 Å². The van der Waals surface area contributed by atoms with Crippen molar-refractivity contribution in [2.75, 3.05) is 14.2 Å². The highest BCUT2D eigenvalue weighted by Gasteiger charge is 2.23. The summed E-state index contributed by atoms with van der Waals surface area (Å²) in [5, 5.41) is 23.7. The molecule has 3 aromatic carbocycles. The van der Waals surface area contributed by atoms with E-state index >= 15 is 0 Å². The number of nitrogens with zero attached hydrogens (tertiary/aromatic N) is 2. The summed E-state index contributed by atoms with van der Waals surface area (Å²) in [4.78, 5) is 55.4. The van der Waals surface area contributed by atoms with Crippen LogP contribution in [0.1, 0.15) is 27.0 Å². The molecule has 3 N–H and O–H groups in total. The zero-order valence-corrected chi connectivity index (χ0v) is 23.9. The number of aryl methyl sites for hydroxylation is 1. The van der Waals surface area contributed by atoms with Gasteiger partial charge < -0.3 is 20.5 Å². The smallest absolute Gasteiger partial charge is 0.328 e.